The van der Waals surface area contributed by atoms with Crippen molar-refractivity contribution in [3.8, 4) is 0 Å². The summed E-state index contributed by atoms with van der Waals surface area (Å²) in [6.45, 7) is 9.95. The average Bonchev–Trinajstić information content (AvgIpc) is 3.14. The van der Waals surface area contributed by atoms with Gasteiger partial charge in [-0.3, -0.25) is 14.6 Å². The van der Waals surface area contributed by atoms with Gasteiger partial charge in [-0.1, -0.05) is 56.3 Å². The molecule has 4 rings (SSSR count). The molecule has 0 spiro atoms. The van der Waals surface area contributed by atoms with Gasteiger partial charge in [0.1, 0.15) is 11.9 Å². The number of para-hydroxylation sites is 1. The van der Waals surface area contributed by atoms with Crippen LogP contribution in [0, 0.1) is 19.8 Å². The van der Waals surface area contributed by atoms with Crippen molar-refractivity contribution in [1.29, 1.82) is 0 Å². The Balaban J connectivity index is 1.61. The number of carbonyl (C=O) groups is 2. The Morgan fingerprint density at radius 2 is 1.91 bits per heavy atom. The number of carbonyl (C=O) groups excluding carboxylic acids is 2. The highest BCUT2D eigenvalue weighted by molar-refractivity contribution is 8.15. The van der Waals surface area contributed by atoms with Crippen LogP contribution in [0.1, 0.15) is 43.9 Å². The highest BCUT2D eigenvalue weighted by atomic mass is 32.2. The number of thioether (sulfide) groups is 1. The fourth-order valence-corrected chi connectivity index (χ4v) is 4.69. The molecule has 3 atom stereocenters. The first-order chi connectivity index (χ1) is 15.3. The number of fused-ring (bicyclic) bond motifs is 3. The molecule has 2 amide bonds. The third-order valence-electron chi connectivity index (χ3n) is 6.20. The largest absolute Gasteiger partial charge is 0.325 e. The number of hydrogen-bond acceptors (Lipinski definition) is 5. The SMILES string of the molecule is CC[C@H](C)[C@H]1N=C2c3ccccc3N=C(S[C@@H](C)C(=O)Nc3cccc(C)c3C)N2C1=O. The maximum absolute atomic E-state index is 13.3. The van der Waals surface area contributed by atoms with Crippen molar-refractivity contribution in [1.82, 2.24) is 4.90 Å². The van der Waals surface area contributed by atoms with E-state index in [1.54, 1.807) is 4.90 Å². The maximum atomic E-state index is 13.3. The van der Waals surface area contributed by atoms with Gasteiger partial charge in [0, 0.05) is 11.3 Å². The molecule has 2 heterocycles. The zero-order valence-electron chi connectivity index (χ0n) is 19.0. The molecule has 0 bridgehead atoms. The maximum Gasteiger partial charge on any atom is 0.259 e. The van der Waals surface area contributed by atoms with Crippen LogP contribution in [-0.4, -0.2) is 39.0 Å². The Bertz CT molecular complexity index is 1140. The lowest BCUT2D eigenvalue weighted by Crippen LogP contribution is -2.43. The van der Waals surface area contributed by atoms with Crippen LogP contribution in [0.4, 0.5) is 11.4 Å². The van der Waals surface area contributed by atoms with Gasteiger partial charge in [-0.2, -0.15) is 0 Å². The van der Waals surface area contributed by atoms with Crippen LogP contribution in [0.3, 0.4) is 0 Å². The smallest absolute Gasteiger partial charge is 0.259 e. The highest BCUT2D eigenvalue weighted by Crippen LogP contribution is 2.36. The van der Waals surface area contributed by atoms with Gasteiger partial charge in [0.25, 0.3) is 5.91 Å². The van der Waals surface area contributed by atoms with Crippen molar-refractivity contribution < 1.29 is 9.59 Å². The van der Waals surface area contributed by atoms with Crippen LogP contribution in [-0.2, 0) is 9.59 Å². The van der Waals surface area contributed by atoms with E-state index in [1.165, 1.54) is 11.8 Å². The quantitative estimate of drug-likeness (QED) is 0.694. The molecular weight excluding hydrogens is 420 g/mol. The molecule has 0 radical (unpaired) electrons. The predicted molar refractivity (Wildman–Crippen MR) is 132 cm³/mol. The van der Waals surface area contributed by atoms with Crippen molar-refractivity contribution in [2.75, 3.05) is 5.32 Å². The molecule has 1 N–H and O–H groups in total. The number of aliphatic imine (C=N–C) groups is 2. The monoisotopic (exact) mass is 448 g/mol. The van der Waals surface area contributed by atoms with Crippen molar-refractivity contribution in [3.05, 3.63) is 59.2 Å². The lowest BCUT2D eigenvalue weighted by molar-refractivity contribution is -0.125. The summed E-state index contributed by atoms with van der Waals surface area (Å²) in [7, 11) is 0. The minimum absolute atomic E-state index is 0.0720. The molecule has 2 aromatic carbocycles. The van der Waals surface area contributed by atoms with E-state index in [0.29, 0.717) is 11.0 Å². The van der Waals surface area contributed by atoms with Gasteiger partial charge in [0.2, 0.25) is 5.91 Å². The fraction of sp³-hybridized carbons (Fsp3) is 0.360. The first-order valence-corrected chi connectivity index (χ1v) is 11.8. The van der Waals surface area contributed by atoms with Crippen LogP contribution in [0.15, 0.2) is 52.4 Å². The highest BCUT2D eigenvalue weighted by Gasteiger charge is 2.43. The number of anilines is 1. The van der Waals surface area contributed by atoms with Crippen LogP contribution < -0.4 is 5.32 Å². The summed E-state index contributed by atoms with van der Waals surface area (Å²) in [5, 5.41) is 3.07. The molecular formula is C25H28N4O2S. The van der Waals surface area contributed by atoms with Crippen LogP contribution in [0.25, 0.3) is 0 Å². The molecule has 0 saturated carbocycles. The van der Waals surface area contributed by atoms with Gasteiger partial charge in [0.05, 0.1) is 10.9 Å². The summed E-state index contributed by atoms with van der Waals surface area (Å²) in [5.74, 6) is 0.561. The summed E-state index contributed by atoms with van der Waals surface area (Å²) in [5.41, 5.74) is 4.58. The van der Waals surface area contributed by atoms with Crippen molar-refractivity contribution in [3.63, 3.8) is 0 Å². The van der Waals surface area contributed by atoms with E-state index >= 15 is 0 Å². The van der Waals surface area contributed by atoms with E-state index in [-0.39, 0.29) is 17.7 Å². The summed E-state index contributed by atoms with van der Waals surface area (Å²) in [4.78, 5) is 37.4. The molecule has 2 aliphatic rings. The van der Waals surface area contributed by atoms with Crippen LogP contribution in [0.5, 0.6) is 0 Å². The molecule has 0 unspecified atom stereocenters. The molecule has 2 aliphatic heterocycles. The lowest BCUT2D eigenvalue weighted by atomic mass is 10.00. The van der Waals surface area contributed by atoms with Gasteiger partial charge in [-0.05, 0) is 56.0 Å². The summed E-state index contributed by atoms with van der Waals surface area (Å²) >= 11 is 1.29. The molecule has 32 heavy (non-hydrogen) atoms. The summed E-state index contributed by atoms with van der Waals surface area (Å²) in [6.07, 6.45) is 0.858. The van der Waals surface area contributed by atoms with Gasteiger partial charge in [0.15, 0.2) is 5.17 Å². The Morgan fingerprint density at radius 1 is 1.16 bits per heavy atom. The number of nitrogens with zero attached hydrogens (tertiary/aromatic N) is 3. The Morgan fingerprint density at radius 3 is 2.66 bits per heavy atom. The molecule has 0 aromatic heterocycles. The minimum atomic E-state index is -0.448. The fourth-order valence-electron chi connectivity index (χ4n) is 3.77. The molecule has 166 valence electrons. The molecule has 2 aromatic rings. The number of amides is 2. The Hall–Kier alpha value is -2.93. The second-order valence-corrected chi connectivity index (χ2v) is 9.67. The van der Waals surface area contributed by atoms with Crippen LogP contribution in [0.2, 0.25) is 0 Å². The van der Waals surface area contributed by atoms with E-state index in [2.05, 4.69) is 12.2 Å². The average molecular weight is 449 g/mol. The predicted octanol–water partition coefficient (Wildman–Crippen LogP) is 5.07. The number of amidine groups is 2. The van der Waals surface area contributed by atoms with E-state index in [9.17, 15) is 9.59 Å². The van der Waals surface area contributed by atoms with Gasteiger partial charge < -0.3 is 5.32 Å². The van der Waals surface area contributed by atoms with Crippen molar-refractivity contribution >= 4 is 46.0 Å². The van der Waals surface area contributed by atoms with Crippen molar-refractivity contribution in [2.24, 2.45) is 15.9 Å². The minimum Gasteiger partial charge on any atom is -0.325 e. The van der Waals surface area contributed by atoms with Gasteiger partial charge in [-0.15, -0.1) is 0 Å². The van der Waals surface area contributed by atoms with E-state index in [0.717, 1.165) is 34.5 Å². The van der Waals surface area contributed by atoms with E-state index in [1.807, 2.05) is 70.2 Å². The molecule has 0 saturated heterocycles. The van der Waals surface area contributed by atoms with Gasteiger partial charge >= 0.3 is 0 Å². The van der Waals surface area contributed by atoms with E-state index < -0.39 is 11.3 Å². The topological polar surface area (TPSA) is 74.1 Å². The number of hydrogen-bond donors (Lipinski definition) is 1. The third kappa shape index (κ3) is 3.97. The second-order valence-electron chi connectivity index (χ2n) is 8.37. The number of benzene rings is 2. The number of aryl methyl sites for hydroxylation is 1. The summed E-state index contributed by atoms with van der Waals surface area (Å²) in [6, 6.07) is 13.1. The number of nitrogens with one attached hydrogen (secondary N) is 1. The Labute approximate surface area is 193 Å². The zero-order valence-corrected chi connectivity index (χ0v) is 19.9. The van der Waals surface area contributed by atoms with Crippen LogP contribution >= 0.6 is 11.8 Å². The zero-order chi connectivity index (χ0) is 23.0. The van der Waals surface area contributed by atoms with Gasteiger partial charge in [-0.25, -0.2) is 9.89 Å². The third-order valence-corrected chi connectivity index (χ3v) is 7.25. The summed E-state index contributed by atoms with van der Waals surface area (Å²) < 4.78 is 0. The Kier molecular flexibility index (Phi) is 6.20. The molecule has 0 fully saturated rings. The second kappa shape index (κ2) is 8.90. The lowest BCUT2D eigenvalue weighted by Gasteiger charge is -2.27. The molecule has 7 heteroatoms. The first-order valence-electron chi connectivity index (χ1n) is 11.0. The van der Waals surface area contributed by atoms with E-state index in [4.69, 9.17) is 9.98 Å². The van der Waals surface area contributed by atoms with Crippen molar-refractivity contribution in [2.45, 2.75) is 52.3 Å². The molecule has 0 aliphatic carbocycles. The number of rotatable bonds is 5. The normalized spacial score (nSPS) is 19.0. The standard InChI is InChI=1S/C25H28N4O2S/c1-6-14(2)21-24(31)29-22(28-21)18-11-7-8-12-20(18)27-25(29)32-17(5)23(30)26-19-13-9-10-15(3)16(19)4/h7-14,17,21H,6H2,1-5H3,(H,26,30)/t14-,17-,21+/m0/s1. The first kappa shape index (κ1) is 22.3. The molecule has 6 nitrogen and oxygen atoms in total.